The van der Waals surface area contributed by atoms with E-state index in [1.807, 2.05) is 24.3 Å². The molecule has 1 amide bonds. The van der Waals surface area contributed by atoms with Crippen LogP contribution in [0.5, 0.6) is 5.75 Å². The molecule has 1 aliphatic rings. The number of amides is 1. The fourth-order valence-electron chi connectivity index (χ4n) is 3.36. The van der Waals surface area contributed by atoms with Crippen molar-refractivity contribution in [2.24, 2.45) is 0 Å². The first kappa shape index (κ1) is 14.8. The number of hydrogen-bond acceptors (Lipinski definition) is 3. The molecule has 1 N–H and O–H groups in total. The normalized spacial score (nSPS) is 13.0. The quantitative estimate of drug-likeness (QED) is 0.786. The molecule has 0 bridgehead atoms. The molecule has 1 heterocycles. The van der Waals surface area contributed by atoms with Crippen molar-refractivity contribution in [3.63, 3.8) is 0 Å². The molecule has 3 aromatic rings. The van der Waals surface area contributed by atoms with Crippen LogP contribution in [-0.4, -0.2) is 13.0 Å². The maximum atomic E-state index is 12.4. The minimum absolute atomic E-state index is 0.0357. The molecule has 0 unspecified atom stereocenters. The molecule has 0 saturated carbocycles. The van der Waals surface area contributed by atoms with E-state index >= 15 is 0 Å². The van der Waals surface area contributed by atoms with Crippen LogP contribution in [0.1, 0.15) is 23.1 Å². The van der Waals surface area contributed by atoms with Gasteiger partial charge in [0.05, 0.1) is 19.8 Å². The molecule has 122 valence electrons. The van der Waals surface area contributed by atoms with Crippen LogP contribution in [0.2, 0.25) is 0 Å². The highest BCUT2D eigenvalue weighted by atomic mass is 16.5. The van der Waals surface area contributed by atoms with Gasteiger partial charge >= 0.3 is 0 Å². The van der Waals surface area contributed by atoms with Crippen molar-refractivity contribution >= 4 is 22.6 Å². The Bertz CT molecular complexity index is 910. The van der Waals surface area contributed by atoms with Gasteiger partial charge in [-0.05, 0) is 54.7 Å². The summed E-state index contributed by atoms with van der Waals surface area (Å²) in [6.07, 6.45) is 5.39. The van der Waals surface area contributed by atoms with E-state index in [2.05, 4.69) is 17.4 Å². The highest BCUT2D eigenvalue weighted by molar-refractivity contribution is 5.95. The molecule has 1 aliphatic carbocycles. The van der Waals surface area contributed by atoms with Gasteiger partial charge < -0.3 is 14.5 Å². The van der Waals surface area contributed by atoms with Crippen molar-refractivity contribution < 1.29 is 13.9 Å². The smallest absolute Gasteiger partial charge is 0.228 e. The van der Waals surface area contributed by atoms with E-state index in [0.29, 0.717) is 0 Å². The second kappa shape index (κ2) is 6.04. The number of carbonyl (C=O) groups is 1. The van der Waals surface area contributed by atoms with Gasteiger partial charge in [0, 0.05) is 22.7 Å². The minimum atomic E-state index is -0.0357. The van der Waals surface area contributed by atoms with E-state index in [0.717, 1.165) is 40.8 Å². The molecule has 0 saturated heterocycles. The number of aryl methyl sites for hydroxylation is 2. The van der Waals surface area contributed by atoms with Crippen molar-refractivity contribution in [2.45, 2.75) is 25.7 Å². The van der Waals surface area contributed by atoms with Crippen LogP contribution < -0.4 is 10.1 Å². The van der Waals surface area contributed by atoms with Crippen molar-refractivity contribution in [2.75, 3.05) is 12.4 Å². The molecule has 24 heavy (non-hydrogen) atoms. The first-order valence-electron chi connectivity index (χ1n) is 8.19. The van der Waals surface area contributed by atoms with Crippen molar-refractivity contribution in [1.29, 1.82) is 0 Å². The van der Waals surface area contributed by atoms with E-state index in [-0.39, 0.29) is 12.3 Å². The highest BCUT2D eigenvalue weighted by Gasteiger charge is 2.14. The minimum Gasteiger partial charge on any atom is -0.497 e. The van der Waals surface area contributed by atoms with Crippen LogP contribution in [0.3, 0.4) is 0 Å². The summed E-state index contributed by atoms with van der Waals surface area (Å²) in [4.78, 5) is 12.4. The van der Waals surface area contributed by atoms with Crippen molar-refractivity contribution in [1.82, 2.24) is 0 Å². The van der Waals surface area contributed by atoms with Crippen LogP contribution in [0.4, 0.5) is 5.69 Å². The zero-order chi connectivity index (χ0) is 16.5. The number of carbonyl (C=O) groups excluding carboxylic acids is 1. The number of nitrogens with one attached hydrogen (secondary N) is 1. The van der Waals surface area contributed by atoms with Gasteiger partial charge in [-0.1, -0.05) is 6.07 Å². The summed E-state index contributed by atoms with van der Waals surface area (Å²) in [5.74, 6) is 0.706. The number of fused-ring (bicyclic) bond motifs is 2. The molecule has 4 rings (SSSR count). The SMILES string of the molecule is COc1ccc2c(CC(=O)Nc3ccc4c(c3)CCC4)coc2c1. The molecule has 0 atom stereocenters. The van der Waals surface area contributed by atoms with E-state index in [1.165, 1.54) is 17.5 Å². The van der Waals surface area contributed by atoms with Crippen LogP contribution in [0.15, 0.2) is 47.1 Å². The third kappa shape index (κ3) is 2.75. The van der Waals surface area contributed by atoms with Crippen molar-refractivity contribution in [3.8, 4) is 5.75 Å². The lowest BCUT2D eigenvalue weighted by atomic mass is 10.1. The van der Waals surface area contributed by atoms with Crippen LogP contribution in [0.25, 0.3) is 11.0 Å². The predicted octanol–water partition coefficient (Wildman–Crippen LogP) is 4.11. The van der Waals surface area contributed by atoms with Gasteiger partial charge in [-0.3, -0.25) is 4.79 Å². The first-order chi connectivity index (χ1) is 11.7. The van der Waals surface area contributed by atoms with Gasteiger partial charge in [-0.2, -0.15) is 0 Å². The molecule has 0 aliphatic heterocycles. The van der Waals surface area contributed by atoms with Gasteiger partial charge in [0.15, 0.2) is 0 Å². The fraction of sp³-hybridized carbons (Fsp3) is 0.250. The summed E-state index contributed by atoms with van der Waals surface area (Å²) in [7, 11) is 1.62. The second-order valence-electron chi connectivity index (χ2n) is 6.19. The zero-order valence-corrected chi connectivity index (χ0v) is 13.6. The predicted molar refractivity (Wildman–Crippen MR) is 93.6 cm³/mol. The topological polar surface area (TPSA) is 51.5 Å². The Hall–Kier alpha value is -2.75. The summed E-state index contributed by atoms with van der Waals surface area (Å²) in [6, 6.07) is 11.8. The Balaban J connectivity index is 1.50. The fourth-order valence-corrected chi connectivity index (χ4v) is 3.36. The average molecular weight is 321 g/mol. The number of methoxy groups -OCH3 is 1. The van der Waals surface area contributed by atoms with Gasteiger partial charge in [0.25, 0.3) is 0 Å². The monoisotopic (exact) mass is 321 g/mol. The maximum absolute atomic E-state index is 12.4. The largest absolute Gasteiger partial charge is 0.497 e. The molecule has 0 radical (unpaired) electrons. The van der Waals surface area contributed by atoms with Gasteiger partial charge in [0.1, 0.15) is 11.3 Å². The summed E-state index contributed by atoms with van der Waals surface area (Å²) >= 11 is 0. The third-order valence-corrected chi connectivity index (χ3v) is 4.60. The number of hydrogen-bond donors (Lipinski definition) is 1. The lowest BCUT2D eigenvalue weighted by Crippen LogP contribution is -2.14. The Kier molecular flexibility index (Phi) is 3.73. The maximum Gasteiger partial charge on any atom is 0.228 e. The number of benzene rings is 2. The molecule has 0 spiro atoms. The molecule has 1 aromatic heterocycles. The van der Waals surface area contributed by atoms with Gasteiger partial charge in [-0.15, -0.1) is 0 Å². The van der Waals surface area contributed by atoms with E-state index in [9.17, 15) is 4.79 Å². The summed E-state index contributed by atoms with van der Waals surface area (Å²) in [6.45, 7) is 0. The Morgan fingerprint density at radius 1 is 1.17 bits per heavy atom. The molecular weight excluding hydrogens is 302 g/mol. The molecular formula is C20H19NO3. The van der Waals surface area contributed by atoms with Crippen LogP contribution in [0, 0.1) is 0 Å². The molecule has 0 fully saturated rings. The van der Waals surface area contributed by atoms with Gasteiger partial charge in [0.2, 0.25) is 5.91 Å². The van der Waals surface area contributed by atoms with E-state index in [4.69, 9.17) is 9.15 Å². The highest BCUT2D eigenvalue weighted by Crippen LogP contribution is 2.27. The number of rotatable bonds is 4. The standard InChI is InChI=1S/C20H19NO3/c1-23-17-7-8-18-15(12-24-19(18)11-17)10-20(22)21-16-6-5-13-3-2-4-14(13)9-16/h5-9,11-12H,2-4,10H2,1H3,(H,21,22). The third-order valence-electron chi connectivity index (χ3n) is 4.60. The lowest BCUT2D eigenvalue weighted by molar-refractivity contribution is -0.115. The van der Waals surface area contributed by atoms with Crippen LogP contribution >= 0.6 is 0 Å². The van der Waals surface area contributed by atoms with Crippen molar-refractivity contribution in [3.05, 3.63) is 59.4 Å². The van der Waals surface area contributed by atoms with Gasteiger partial charge in [-0.25, -0.2) is 0 Å². The Morgan fingerprint density at radius 2 is 2.04 bits per heavy atom. The van der Waals surface area contributed by atoms with Crippen LogP contribution in [-0.2, 0) is 24.1 Å². The molecule has 2 aromatic carbocycles. The summed E-state index contributed by atoms with van der Waals surface area (Å²) in [5.41, 5.74) is 5.24. The number of furan rings is 1. The Morgan fingerprint density at radius 3 is 2.92 bits per heavy atom. The molecule has 4 nitrogen and oxygen atoms in total. The first-order valence-corrected chi connectivity index (χ1v) is 8.19. The average Bonchev–Trinajstić information content (AvgIpc) is 3.21. The number of anilines is 1. The summed E-state index contributed by atoms with van der Waals surface area (Å²) in [5, 5.41) is 3.94. The summed E-state index contributed by atoms with van der Waals surface area (Å²) < 4.78 is 10.7. The lowest BCUT2D eigenvalue weighted by Gasteiger charge is -2.07. The van der Waals surface area contributed by atoms with E-state index < -0.39 is 0 Å². The molecule has 4 heteroatoms. The zero-order valence-electron chi connectivity index (χ0n) is 13.6. The van der Waals surface area contributed by atoms with E-state index in [1.54, 1.807) is 13.4 Å². The second-order valence-corrected chi connectivity index (χ2v) is 6.19. The Labute approximate surface area is 140 Å². The number of ether oxygens (including phenoxy) is 1.